The van der Waals surface area contributed by atoms with Crippen LogP contribution < -0.4 is 5.32 Å². The number of halogens is 2. The Morgan fingerprint density at radius 1 is 1.06 bits per heavy atom. The molecule has 2 aromatic carbocycles. The molecule has 0 bridgehead atoms. The Labute approximate surface area is 195 Å². The van der Waals surface area contributed by atoms with Crippen molar-refractivity contribution in [2.24, 2.45) is 0 Å². The molecule has 31 heavy (non-hydrogen) atoms. The van der Waals surface area contributed by atoms with E-state index >= 15 is 0 Å². The number of aryl methyl sites for hydroxylation is 2. The predicted octanol–water partition coefficient (Wildman–Crippen LogP) is 5.96. The van der Waals surface area contributed by atoms with Crippen LogP contribution in [0, 0.1) is 6.92 Å². The van der Waals surface area contributed by atoms with E-state index in [1.807, 2.05) is 58.9 Å². The van der Waals surface area contributed by atoms with Crippen LogP contribution in [0.3, 0.4) is 0 Å². The normalized spacial score (nSPS) is 12.4. The molecule has 4 nitrogen and oxygen atoms in total. The second-order valence-electron chi connectivity index (χ2n) is 8.91. The predicted molar refractivity (Wildman–Crippen MR) is 128 cm³/mol. The summed E-state index contributed by atoms with van der Waals surface area (Å²) in [6.45, 7) is 9.98. The van der Waals surface area contributed by atoms with Gasteiger partial charge >= 0.3 is 0 Å². The van der Waals surface area contributed by atoms with Crippen molar-refractivity contribution in [3.8, 4) is 0 Å². The van der Waals surface area contributed by atoms with Crippen LogP contribution in [0.4, 0.5) is 0 Å². The summed E-state index contributed by atoms with van der Waals surface area (Å²) < 4.78 is 0. The van der Waals surface area contributed by atoms with Crippen molar-refractivity contribution in [1.82, 2.24) is 10.2 Å². The summed E-state index contributed by atoms with van der Waals surface area (Å²) in [5, 5.41) is 4.02. The molecular formula is C25H32Cl2N2O2. The molecule has 0 radical (unpaired) electrons. The number of benzene rings is 2. The fourth-order valence-electron chi connectivity index (χ4n) is 3.36. The third-order valence-electron chi connectivity index (χ3n) is 4.99. The SMILES string of the molecule is CCC(C(=O)NC(C)(C)C)N(Cc1ccc(Cl)cc1Cl)C(=O)CCc1ccc(C)cc1. The first kappa shape index (κ1) is 25.2. The van der Waals surface area contributed by atoms with Crippen molar-refractivity contribution in [3.63, 3.8) is 0 Å². The zero-order valence-electron chi connectivity index (χ0n) is 19.0. The van der Waals surface area contributed by atoms with Gasteiger partial charge in [-0.25, -0.2) is 0 Å². The van der Waals surface area contributed by atoms with Crippen molar-refractivity contribution in [3.05, 3.63) is 69.2 Å². The minimum atomic E-state index is -0.587. The molecule has 0 aliphatic carbocycles. The van der Waals surface area contributed by atoms with Gasteiger partial charge in [-0.1, -0.05) is 66.0 Å². The lowest BCUT2D eigenvalue weighted by Gasteiger charge is -2.33. The number of amides is 2. The second kappa shape index (κ2) is 11.0. The molecule has 0 aliphatic heterocycles. The van der Waals surface area contributed by atoms with Crippen molar-refractivity contribution in [1.29, 1.82) is 0 Å². The summed E-state index contributed by atoms with van der Waals surface area (Å²) in [4.78, 5) is 28.0. The van der Waals surface area contributed by atoms with E-state index in [4.69, 9.17) is 23.2 Å². The summed E-state index contributed by atoms with van der Waals surface area (Å²) in [7, 11) is 0. The highest BCUT2D eigenvalue weighted by Crippen LogP contribution is 2.24. The van der Waals surface area contributed by atoms with Gasteiger partial charge in [-0.2, -0.15) is 0 Å². The van der Waals surface area contributed by atoms with Crippen LogP contribution in [0.25, 0.3) is 0 Å². The minimum Gasteiger partial charge on any atom is -0.350 e. The highest BCUT2D eigenvalue weighted by Gasteiger charge is 2.30. The van der Waals surface area contributed by atoms with E-state index in [0.717, 1.165) is 11.1 Å². The number of carbonyl (C=O) groups excluding carboxylic acids is 2. The number of rotatable bonds is 8. The van der Waals surface area contributed by atoms with Gasteiger partial charge in [0.2, 0.25) is 11.8 Å². The van der Waals surface area contributed by atoms with Crippen molar-refractivity contribution in [2.45, 2.75) is 72.0 Å². The van der Waals surface area contributed by atoms with Crippen molar-refractivity contribution >= 4 is 35.0 Å². The number of nitrogens with one attached hydrogen (secondary N) is 1. The summed E-state index contributed by atoms with van der Waals surface area (Å²) in [5.74, 6) is -0.244. The highest BCUT2D eigenvalue weighted by atomic mass is 35.5. The Morgan fingerprint density at radius 3 is 2.26 bits per heavy atom. The lowest BCUT2D eigenvalue weighted by Crippen LogP contribution is -2.53. The molecular weight excluding hydrogens is 431 g/mol. The third kappa shape index (κ3) is 7.86. The first-order valence-corrected chi connectivity index (χ1v) is 11.4. The van der Waals surface area contributed by atoms with Gasteiger partial charge in [0.05, 0.1) is 0 Å². The van der Waals surface area contributed by atoms with Crippen molar-refractivity contribution in [2.75, 3.05) is 0 Å². The summed E-state index contributed by atoms with van der Waals surface area (Å²) >= 11 is 12.4. The van der Waals surface area contributed by atoms with E-state index in [0.29, 0.717) is 29.3 Å². The molecule has 1 unspecified atom stereocenters. The maximum Gasteiger partial charge on any atom is 0.243 e. The molecule has 1 atom stereocenters. The molecule has 0 heterocycles. The molecule has 168 valence electrons. The molecule has 0 aromatic heterocycles. The zero-order chi connectivity index (χ0) is 23.2. The Morgan fingerprint density at radius 2 is 1.71 bits per heavy atom. The molecule has 6 heteroatoms. The fourth-order valence-corrected chi connectivity index (χ4v) is 3.82. The Kier molecular flexibility index (Phi) is 8.96. The van der Waals surface area contributed by atoms with E-state index in [2.05, 4.69) is 5.32 Å². The number of carbonyl (C=O) groups is 2. The first-order chi connectivity index (χ1) is 14.5. The van der Waals surface area contributed by atoms with E-state index in [9.17, 15) is 9.59 Å². The summed E-state index contributed by atoms with van der Waals surface area (Å²) in [6, 6.07) is 12.8. The van der Waals surface area contributed by atoms with Gasteiger partial charge in [-0.15, -0.1) is 0 Å². The van der Waals surface area contributed by atoms with E-state index < -0.39 is 6.04 Å². The average Bonchev–Trinajstić information content (AvgIpc) is 2.67. The van der Waals surface area contributed by atoms with Crippen LogP contribution in [0.5, 0.6) is 0 Å². The highest BCUT2D eigenvalue weighted by molar-refractivity contribution is 6.35. The zero-order valence-corrected chi connectivity index (χ0v) is 20.5. The largest absolute Gasteiger partial charge is 0.350 e. The Bertz CT molecular complexity index is 905. The molecule has 1 N–H and O–H groups in total. The number of hydrogen-bond acceptors (Lipinski definition) is 2. The number of nitrogens with zero attached hydrogens (tertiary/aromatic N) is 1. The number of hydrogen-bond donors (Lipinski definition) is 1. The fraction of sp³-hybridized carbons (Fsp3) is 0.440. The molecule has 2 rings (SSSR count). The third-order valence-corrected chi connectivity index (χ3v) is 5.58. The average molecular weight is 463 g/mol. The Hall–Kier alpha value is -2.04. The molecule has 0 fully saturated rings. The van der Waals surface area contributed by atoms with Gasteiger partial charge in [0.15, 0.2) is 0 Å². The molecule has 0 aliphatic rings. The topological polar surface area (TPSA) is 49.4 Å². The van der Waals surface area contributed by atoms with Crippen LogP contribution in [0.15, 0.2) is 42.5 Å². The van der Waals surface area contributed by atoms with Gasteiger partial charge in [0, 0.05) is 28.5 Å². The monoisotopic (exact) mass is 462 g/mol. The molecule has 2 amide bonds. The van der Waals surface area contributed by atoms with Crippen LogP contribution in [0.2, 0.25) is 10.0 Å². The smallest absolute Gasteiger partial charge is 0.243 e. The molecule has 0 saturated heterocycles. The van der Waals surface area contributed by atoms with Crippen LogP contribution in [0.1, 0.15) is 57.2 Å². The van der Waals surface area contributed by atoms with Gasteiger partial charge in [0.25, 0.3) is 0 Å². The Balaban J connectivity index is 2.27. The quantitative estimate of drug-likeness (QED) is 0.526. The van der Waals surface area contributed by atoms with E-state index in [1.165, 1.54) is 5.56 Å². The molecule has 0 spiro atoms. The summed E-state index contributed by atoms with van der Waals surface area (Å²) in [5.41, 5.74) is 2.64. The molecule has 0 saturated carbocycles. The lowest BCUT2D eigenvalue weighted by molar-refractivity contribution is -0.142. The maximum atomic E-state index is 13.3. The van der Waals surface area contributed by atoms with Gasteiger partial charge < -0.3 is 10.2 Å². The van der Waals surface area contributed by atoms with Crippen LogP contribution >= 0.6 is 23.2 Å². The standard InChI is InChI=1S/C25H32Cl2N2O2/c1-6-22(24(31)28-25(3,4)5)29(16-19-12-13-20(26)15-21(19)27)23(30)14-11-18-9-7-17(2)8-10-18/h7-10,12-13,15,22H,6,11,14,16H2,1-5H3,(H,28,31). The summed E-state index contributed by atoms with van der Waals surface area (Å²) in [6.07, 6.45) is 1.43. The van der Waals surface area contributed by atoms with Gasteiger partial charge in [-0.3, -0.25) is 9.59 Å². The van der Waals surface area contributed by atoms with Crippen LogP contribution in [-0.4, -0.2) is 28.3 Å². The first-order valence-electron chi connectivity index (χ1n) is 10.6. The molecule has 2 aromatic rings. The van der Waals surface area contributed by atoms with Crippen molar-refractivity contribution < 1.29 is 9.59 Å². The maximum absolute atomic E-state index is 13.3. The van der Waals surface area contributed by atoms with Gasteiger partial charge in [-0.05, 0) is 63.8 Å². The van der Waals surface area contributed by atoms with Crippen LogP contribution in [-0.2, 0) is 22.6 Å². The second-order valence-corrected chi connectivity index (χ2v) is 9.75. The van der Waals surface area contributed by atoms with Gasteiger partial charge in [0.1, 0.15) is 6.04 Å². The minimum absolute atomic E-state index is 0.0810. The van der Waals surface area contributed by atoms with E-state index in [1.54, 1.807) is 23.1 Å². The van der Waals surface area contributed by atoms with E-state index in [-0.39, 0.29) is 23.9 Å². The lowest BCUT2D eigenvalue weighted by atomic mass is 10.0.